The number of furan rings is 2. The van der Waals surface area contributed by atoms with E-state index in [0.29, 0.717) is 17.5 Å². The predicted octanol–water partition coefficient (Wildman–Crippen LogP) is 14.6. The van der Waals surface area contributed by atoms with Gasteiger partial charge < -0.3 is 8.83 Å². The first kappa shape index (κ1) is 34.2. The number of hydrogen-bond donors (Lipinski definition) is 0. The van der Waals surface area contributed by atoms with E-state index in [9.17, 15) is 0 Å². The first-order valence-electron chi connectivity index (χ1n) is 20.4. The largest absolute Gasteiger partial charge is 0.460 e. The van der Waals surface area contributed by atoms with Crippen LogP contribution in [0.15, 0.2) is 191 Å². The molecule has 1 aliphatic rings. The fourth-order valence-corrected chi connectivity index (χ4v) is 8.98. The minimum Gasteiger partial charge on any atom is -0.460 e. The molecule has 0 N–H and O–H groups in total. The Morgan fingerprint density at radius 2 is 1.03 bits per heavy atom. The molecular weight excluding hydrogens is 735 g/mol. The smallest absolute Gasteiger partial charge is 0.165 e. The molecule has 0 unspecified atom stereocenters. The van der Waals surface area contributed by atoms with Crippen LogP contribution >= 0.6 is 0 Å². The minimum atomic E-state index is 0.558. The zero-order chi connectivity index (χ0) is 39.6. The SMILES string of the molecule is C1=Cc2c(oc3ccc(-c4cccc(-c5ccccc5)c4)c(-c4nc(-c5ccc6c(c5)oc5ccccc56)nc(-c5ccc(-c6ccccc6)c6ccccc56)n4)c23)CC1. The number of nitrogens with zero attached hydrogens (tertiary/aromatic N) is 3. The molecule has 11 aromatic rings. The second-order valence-electron chi connectivity index (χ2n) is 15.4. The van der Waals surface area contributed by atoms with Gasteiger partial charge in [0, 0.05) is 44.8 Å². The van der Waals surface area contributed by atoms with E-state index in [1.807, 2.05) is 18.2 Å². The molecule has 0 bridgehead atoms. The lowest BCUT2D eigenvalue weighted by atomic mass is 9.91. The molecule has 60 heavy (non-hydrogen) atoms. The minimum absolute atomic E-state index is 0.558. The highest BCUT2D eigenvalue weighted by Gasteiger charge is 2.25. The van der Waals surface area contributed by atoms with E-state index >= 15 is 0 Å². The van der Waals surface area contributed by atoms with E-state index in [-0.39, 0.29) is 0 Å². The molecule has 8 aromatic carbocycles. The molecule has 0 radical (unpaired) electrons. The summed E-state index contributed by atoms with van der Waals surface area (Å²) in [6.45, 7) is 0. The predicted molar refractivity (Wildman–Crippen MR) is 244 cm³/mol. The highest BCUT2D eigenvalue weighted by molar-refractivity contribution is 6.08. The third-order valence-electron chi connectivity index (χ3n) is 11.8. The van der Waals surface area contributed by atoms with Gasteiger partial charge >= 0.3 is 0 Å². The van der Waals surface area contributed by atoms with Gasteiger partial charge in [0.15, 0.2) is 17.5 Å². The molecule has 0 saturated carbocycles. The van der Waals surface area contributed by atoms with Crippen molar-refractivity contribution in [2.75, 3.05) is 0 Å². The number of aryl methyl sites for hydroxylation is 1. The number of fused-ring (bicyclic) bond motifs is 7. The Balaban J connectivity index is 1.15. The molecule has 12 rings (SSSR count). The van der Waals surface area contributed by atoms with Crippen LogP contribution in [0.25, 0.3) is 117 Å². The van der Waals surface area contributed by atoms with Crippen LogP contribution in [-0.4, -0.2) is 15.0 Å². The number of aromatic nitrogens is 3. The van der Waals surface area contributed by atoms with Crippen molar-refractivity contribution in [2.24, 2.45) is 0 Å². The molecule has 3 aromatic heterocycles. The van der Waals surface area contributed by atoms with Crippen molar-refractivity contribution in [2.45, 2.75) is 12.8 Å². The van der Waals surface area contributed by atoms with Crippen LogP contribution in [0, 0.1) is 0 Å². The third-order valence-corrected chi connectivity index (χ3v) is 11.8. The maximum Gasteiger partial charge on any atom is 0.165 e. The molecule has 0 saturated heterocycles. The summed E-state index contributed by atoms with van der Waals surface area (Å²) in [7, 11) is 0. The molecule has 0 spiro atoms. The number of hydrogen-bond acceptors (Lipinski definition) is 5. The molecule has 282 valence electrons. The molecule has 3 heterocycles. The highest BCUT2D eigenvalue weighted by atomic mass is 16.3. The van der Waals surface area contributed by atoms with Crippen LogP contribution in [0.4, 0.5) is 0 Å². The van der Waals surface area contributed by atoms with Gasteiger partial charge in [0.1, 0.15) is 22.5 Å². The summed E-state index contributed by atoms with van der Waals surface area (Å²) in [4.78, 5) is 16.2. The monoisotopic (exact) mass is 769 g/mol. The van der Waals surface area contributed by atoms with Gasteiger partial charge in [0.25, 0.3) is 0 Å². The molecule has 0 atom stereocenters. The number of benzene rings is 8. The number of allylic oxidation sites excluding steroid dienone is 1. The third kappa shape index (κ3) is 5.66. The summed E-state index contributed by atoms with van der Waals surface area (Å²) >= 11 is 0. The maximum absolute atomic E-state index is 6.62. The summed E-state index contributed by atoms with van der Waals surface area (Å²) < 4.78 is 13.0. The van der Waals surface area contributed by atoms with Gasteiger partial charge in [0.05, 0.1) is 0 Å². The van der Waals surface area contributed by atoms with Crippen LogP contribution in [0.1, 0.15) is 17.7 Å². The molecule has 0 fully saturated rings. The summed E-state index contributed by atoms with van der Waals surface area (Å²) in [5.74, 6) is 2.70. The summed E-state index contributed by atoms with van der Waals surface area (Å²) in [5, 5.41) is 5.32. The maximum atomic E-state index is 6.62. The Kier molecular flexibility index (Phi) is 7.91. The Morgan fingerprint density at radius 1 is 0.383 bits per heavy atom. The second-order valence-corrected chi connectivity index (χ2v) is 15.4. The average Bonchev–Trinajstić information content (AvgIpc) is 3.89. The van der Waals surface area contributed by atoms with Gasteiger partial charge in [0.2, 0.25) is 0 Å². The van der Waals surface area contributed by atoms with Crippen LogP contribution in [-0.2, 0) is 6.42 Å². The number of para-hydroxylation sites is 1. The second kappa shape index (κ2) is 13.9. The zero-order valence-corrected chi connectivity index (χ0v) is 32.5. The van der Waals surface area contributed by atoms with E-state index in [0.717, 1.165) is 118 Å². The van der Waals surface area contributed by atoms with Crippen LogP contribution in [0.3, 0.4) is 0 Å². The van der Waals surface area contributed by atoms with E-state index in [4.69, 9.17) is 23.8 Å². The van der Waals surface area contributed by atoms with Crippen LogP contribution < -0.4 is 0 Å². The Morgan fingerprint density at radius 3 is 1.88 bits per heavy atom. The van der Waals surface area contributed by atoms with Crippen LogP contribution in [0.5, 0.6) is 0 Å². The molecule has 5 nitrogen and oxygen atoms in total. The van der Waals surface area contributed by atoms with Crippen molar-refractivity contribution in [1.82, 2.24) is 15.0 Å². The van der Waals surface area contributed by atoms with Gasteiger partial charge in [-0.25, -0.2) is 15.0 Å². The average molecular weight is 770 g/mol. The summed E-state index contributed by atoms with van der Waals surface area (Å²) in [6.07, 6.45) is 6.21. The quantitative estimate of drug-likeness (QED) is 0.168. The van der Waals surface area contributed by atoms with Crippen molar-refractivity contribution < 1.29 is 8.83 Å². The zero-order valence-electron chi connectivity index (χ0n) is 32.5. The van der Waals surface area contributed by atoms with Gasteiger partial charge in [-0.1, -0.05) is 146 Å². The first-order valence-corrected chi connectivity index (χ1v) is 20.4. The topological polar surface area (TPSA) is 65.0 Å². The lowest BCUT2D eigenvalue weighted by Gasteiger charge is -2.16. The Bertz CT molecular complexity index is 3490. The Labute approximate surface area is 346 Å². The van der Waals surface area contributed by atoms with Crippen molar-refractivity contribution in [3.8, 4) is 67.5 Å². The van der Waals surface area contributed by atoms with E-state index in [1.54, 1.807) is 0 Å². The van der Waals surface area contributed by atoms with Gasteiger partial charge in [-0.3, -0.25) is 0 Å². The van der Waals surface area contributed by atoms with E-state index < -0.39 is 0 Å². The van der Waals surface area contributed by atoms with Crippen molar-refractivity contribution in [3.05, 3.63) is 193 Å². The fraction of sp³-hybridized carbons (Fsp3) is 0.0364. The van der Waals surface area contributed by atoms with Crippen LogP contribution in [0.2, 0.25) is 0 Å². The molecule has 5 heteroatoms. The van der Waals surface area contributed by atoms with Crippen molar-refractivity contribution >= 4 is 49.8 Å². The van der Waals surface area contributed by atoms with Crippen molar-refractivity contribution in [3.63, 3.8) is 0 Å². The summed E-state index contributed by atoms with van der Waals surface area (Å²) in [6, 6.07) is 61.3. The fourth-order valence-electron chi connectivity index (χ4n) is 8.98. The van der Waals surface area contributed by atoms with Crippen molar-refractivity contribution in [1.29, 1.82) is 0 Å². The normalized spacial score (nSPS) is 12.5. The molecule has 1 aliphatic carbocycles. The van der Waals surface area contributed by atoms with Gasteiger partial charge in [-0.15, -0.1) is 0 Å². The van der Waals surface area contributed by atoms with E-state index in [2.05, 4.69) is 170 Å². The molecule has 0 aliphatic heterocycles. The lowest BCUT2D eigenvalue weighted by molar-refractivity contribution is 0.546. The standard InChI is InChI=1S/C55H35N3O2/c1-3-14-34(15-4-1)36-18-13-19-37(32-36)40-30-31-49-51(46-23-10-12-25-48(46)59-49)52(40)55-57-53(38-26-27-44-43-22-9-11-24-47(43)60-50(44)33-38)56-54(58-55)45-29-28-39(35-16-5-2-6-17-35)41-20-7-8-21-42(41)45/h1-11,13-24,26-33H,12,25H2. The van der Waals surface area contributed by atoms with Gasteiger partial charge in [-0.05, 0) is 93.0 Å². The summed E-state index contributed by atoms with van der Waals surface area (Å²) in [5.41, 5.74) is 12.9. The molecule has 0 amide bonds. The number of rotatable bonds is 6. The highest BCUT2D eigenvalue weighted by Crippen LogP contribution is 2.45. The Hall–Kier alpha value is -7.89. The van der Waals surface area contributed by atoms with Gasteiger partial charge in [-0.2, -0.15) is 0 Å². The molecular formula is C55H35N3O2. The first-order chi connectivity index (χ1) is 29.7. The lowest BCUT2D eigenvalue weighted by Crippen LogP contribution is -2.02. The van der Waals surface area contributed by atoms with E-state index in [1.165, 1.54) is 0 Å².